The summed E-state index contributed by atoms with van der Waals surface area (Å²) in [6, 6.07) is 78.7. The molecule has 6 atom stereocenters. The molecule has 9 aromatic carbocycles. The fourth-order valence-corrected chi connectivity index (χ4v) is 17.2. The number of imidazole rings is 1. The van der Waals surface area contributed by atoms with Gasteiger partial charge in [0.05, 0.1) is 16.7 Å². The topological polar surface area (TPSA) is 35.9 Å². The van der Waals surface area contributed by atoms with Gasteiger partial charge >= 0.3 is 0 Å². The van der Waals surface area contributed by atoms with Crippen LogP contribution in [0.5, 0.6) is 11.5 Å². The van der Waals surface area contributed by atoms with Crippen molar-refractivity contribution in [3.63, 3.8) is 0 Å². The second kappa shape index (κ2) is 17.7. The molecule has 17 rings (SSSR count). The number of fused-ring (bicyclic) bond motifs is 19. The smallest absolute Gasteiger partial charge is 0.268 e. The molecule has 1 fully saturated rings. The van der Waals surface area contributed by atoms with Crippen LogP contribution in [0.4, 0.5) is 0 Å². The van der Waals surface area contributed by atoms with Gasteiger partial charge in [0.2, 0.25) is 0 Å². The number of para-hydroxylation sites is 2. The number of benzene rings is 9. The summed E-state index contributed by atoms with van der Waals surface area (Å²) in [4.78, 5) is 5.08. The number of ether oxygens (including phenoxy) is 1. The molecule has 0 saturated heterocycles. The van der Waals surface area contributed by atoms with Crippen LogP contribution in [0.15, 0.2) is 225 Å². The molecule has 4 heterocycles. The number of nitrogens with zero attached hydrogens (tertiary/aromatic N) is 4. The molecular weight excluding hydrogens is 1200 g/mol. The first-order valence-electron chi connectivity index (χ1n) is 29.4. The average molecular weight is 1260 g/mol. The number of hydrogen-bond donors (Lipinski definition) is 0. The van der Waals surface area contributed by atoms with Crippen LogP contribution in [0, 0.1) is 35.7 Å². The summed E-state index contributed by atoms with van der Waals surface area (Å²) in [6.45, 7) is 17.1. The Morgan fingerprint density at radius 2 is 1.13 bits per heavy atom. The van der Waals surface area contributed by atoms with Crippen molar-refractivity contribution < 1.29 is 30.4 Å². The van der Waals surface area contributed by atoms with E-state index in [0.717, 1.165) is 61.2 Å². The van der Waals surface area contributed by atoms with Gasteiger partial charge in [0.15, 0.2) is 0 Å². The van der Waals surface area contributed by atoms with Gasteiger partial charge in [-0.2, -0.15) is 18.2 Å². The minimum Gasteiger partial charge on any atom is -0.510 e. The predicted molar refractivity (Wildman–Crippen MR) is 335 cm³/mol. The second-order valence-electron chi connectivity index (χ2n) is 25.6. The molecule has 5 nitrogen and oxygen atoms in total. The summed E-state index contributed by atoms with van der Waals surface area (Å²) in [6.07, 6.45) is 15.4. The fourth-order valence-electron chi connectivity index (χ4n) is 17.2. The molecule has 84 heavy (non-hydrogen) atoms. The van der Waals surface area contributed by atoms with Crippen LogP contribution in [-0.2, 0) is 42.7 Å². The van der Waals surface area contributed by atoms with Gasteiger partial charge in [0, 0.05) is 65.9 Å². The molecule has 0 bridgehead atoms. The van der Waals surface area contributed by atoms with Crippen molar-refractivity contribution >= 4 is 32.8 Å². The van der Waals surface area contributed by atoms with Crippen LogP contribution in [0.25, 0.3) is 94.5 Å². The number of aromatic nitrogens is 4. The standard InChI is InChI=1S/C78H60N4O.Pt/c1-74(2,3)50-40-41-79-72(44-50)82-69-39-35-48(49-34-38-66-67(43-49)77(6)65-31-16-15-30-64(65)75(4)62-28-13-14-29-63(62)76(66,5)78(75,77)7)42-61(69)59-37-36-53(46-71(59)82)83-52-21-18-20-51(45-52)80-47-81-68-32-17-12-26-58(68)56-24-10-8-22-54(56)55-23-9-11-25-57(55)60-27-19-33-70(80)73(60)81;/h8-44,64-65H,1-7H3;/q-2;. The molecule has 12 aromatic rings. The van der Waals surface area contributed by atoms with Gasteiger partial charge in [-0.1, -0.05) is 218 Å². The van der Waals surface area contributed by atoms with Gasteiger partial charge in [-0.3, -0.25) is 4.57 Å². The maximum Gasteiger partial charge on any atom is 0.268 e. The SMILES string of the molecule is CC(C)(C)c1ccnc(-n2c3[c-]c(Oc4[c-]c(-n5[c-][n+]6c7c(cccc75)-c5ccccc5-c5ccccc5-c5ccccc5-6)ccc4)ccc3c3cc(-c4ccc5c(c4)C4(C)C6C=CC=CC6C6(C)c7ccccc7C5(C)C64C)ccc32)c1.[Pt]. The summed E-state index contributed by atoms with van der Waals surface area (Å²) >= 11 is 0. The zero-order valence-corrected chi connectivity index (χ0v) is 50.3. The molecule has 6 heteroatoms. The number of allylic oxidation sites excluding steroid dienone is 4. The monoisotopic (exact) mass is 1260 g/mol. The maximum atomic E-state index is 6.89. The third-order valence-corrected chi connectivity index (χ3v) is 21.3. The van der Waals surface area contributed by atoms with Crippen LogP contribution in [0.1, 0.15) is 76.3 Å². The molecule has 410 valence electrons. The molecule has 6 unspecified atom stereocenters. The summed E-state index contributed by atoms with van der Waals surface area (Å²) in [5.41, 5.74) is 22.1. The van der Waals surface area contributed by atoms with Crippen molar-refractivity contribution in [1.82, 2.24) is 14.1 Å². The Kier molecular flexibility index (Phi) is 10.8. The molecule has 4 aliphatic carbocycles. The molecule has 0 N–H and O–H groups in total. The van der Waals surface area contributed by atoms with Crippen molar-refractivity contribution in [2.75, 3.05) is 0 Å². The summed E-state index contributed by atoms with van der Waals surface area (Å²) in [5.74, 6) is 2.77. The van der Waals surface area contributed by atoms with Gasteiger partial charge in [-0.15, -0.1) is 29.7 Å². The van der Waals surface area contributed by atoms with Gasteiger partial charge in [-0.25, -0.2) is 4.98 Å². The Bertz CT molecular complexity index is 4880. The van der Waals surface area contributed by atoms with Crippen molar-refractivity contribution in [3.05, 3.63) is 271 Å². The third-order valence-electron chi connectivity index (χ3n) is 21.3. The predicted octanol–water partition coefficient (Wildman–Crippen LogP) is 18.1. The molecule has 1 aliphatic heterocycles. The van der Waals surface area contributed by atoms with E-state index in [1.54, 1.807) is 0 Å². The van der Waals surface area contributed by atoms with Crippen molar-refractivity contribution in [2.24, 2.45) is 17.3 Å². The third kappa shape index (κ3) is 6.43. The Morgan fingerprint density at radius 1 is 0.524 bits per heavy atom. The molecule has 5 aliphatic rings. The van der Waals surface area contributed by atoms with E-state index in [2.05, 4.69) is 281 Å². The van der Waals surface area contributed by atoms with Crippen LogP contribution in [-0.4, -0.2) is 14.1 Å². The first kappa shape index (κ1) is 51.0. The zero-order chi connectivity index (χ0) is 55.9. The molecular formula is C78H60N4OPt-2. The van der Waals surface area contributed by atoms with E-state index in [-0.39, 0.29) is 48.1 Å². The first-order valence-corrected chi connectivity index (χ1v) is 29.4. The van der Waals surface area contributed by atoms with Gasteiger partial charge in [-0.05, 0) is 125 Å². The first-order chi connectivity index (χ1) is 40.3. The Balaban J connectivity index is 0.00000577. The molecule has 0 amide bonds. The van der Waals surface area contributed by atoms with Crippen molar-refractivity contribution in [3.8, 4) is 73.2 Å². The van der Waals surface area contributed by atoms with E-state index in [4.69, 9.17) is 9.72 Å². The second-order valence-corrected chi connectivity index (χ2v) is 25.6. The van der Waals surface area contributed by atoms with E-state index in [1.165, 1.54) is 61.2 Å². The maximum absolute atomic E-state index is 6.89. The summed E-state index contributed by atoms with van der Waals surface area (Å²) in [5, 5.41) is 2.21. The van der Waals surface area contributed by atoms with Crippen molar-refractivity contribution in [2.45, 2.75) is 70.1 Å². The Hall–Kier alpha value is -8.63. The fraction of sp³-hybridized carbons (Fsp3) is 0.179. The number of rotatable bonds is 5. The van der Waals surface area contributed by atoms with E-state index in [1.807, 2.05) is 24.4 Å². The van der Waals surface area contributed by atoms with Gasteiger partial charge in [0.1, 0.15) is 5.82 Å². The number of hydrogen-bond acceptors (Lipinski definition) is 2. The minimum absolute atomic E-state index is 0. The van der Waals surface area contributed by atoms with E-state index in [0.29, 0.717) is 23.3 Å². The molecule has 3 aromatic heterocycles. The van der Waals surface area contributed by atoms with Crippen LogP contribution in [0.2, 0.25) is 0 Å². The van der Waals surface area contributed by atoms with E-state index < -0.39 is 0 Å². The zero-order valence-electron chi connectivity index (χ0n) is 48.0. The van der Waals surface area contributed by atoms with Crippen molar-refractivity contribution in [1.29, 1.82) is 0 Å². The largest absolute Gasteiger partial charge is 0.510 e. The van der Waals surface area contributed by atoms with E-state index >= 15 is 0 Å². The molecule has 0 spiro atoms. The quantitative estimate of drug-likeness (QED) is 0.127. The minimum atomic E-state index is -0.151. The Labute approximate surface area is 505 Å². The van der Waals surface area contributed by atoms with Crippen LogP contribution >= 0.6 is 0 Å². The average Bonchev–Trinajstić information content (AvgIpc) is 1.45. The number of pyridine rings is 1. The molecule has 0 radical (unpaired) electrons. The van der Waals surface area contributed by atoms with Crippen LogP contribution in [0.3, 0.4) is 0 Å². The van der Waals surface area contributed by atoms with Gasteiger partial charge < -0.3 is 13.9 Å². The van der Waals surface area contributed by atoms with E-state index in [9.17, 15) is 0 Å². The normalized spacial score (nSPS) is 22.7. The van der Waals surface area contributed by atoms with Gasteiger partial charge in [0.25, 0.3) is 6.33 Å². The summed E-state index contributed by atoms with van der Waals surface area (Å²) in [7, 11) is 0. The van der Waals surface area contributed by atoms with Crippen LogP contribution < -0.4 is 9.30 Å². The Morgan fingerprint density at radius 3 is 1.88 bits per heavy atom. The molecule has 1 saturated carbocycles. The summed E-state index contributed by atoms with van der Waals surface area (Å²) < 4.78 is 13.5.